The molecule has 0 aliphatic heterocycles. The highest BCUT2D eigenvalue weighted by Crippen LogP contribution is 2.26. The van der Waals surface area contributed by atoms with E-state index in [4.69, 9.17) is 9.47 Å². The second kappa shape index (κ2) is 6.48. The van der Waals surface area contributed by atoms with E-state index < -0.39 is 0 Å². The largest absolute Gasteiger partial charge is 0.465 e. The van der Waals surface area contributed by atoms with Crippen molar-refractivity contribution in [3.05, 3.63) is 0 Å². The maximum absolute atomic E-state index is 11.3. The lowest BCUT2D eigenvalue weighted by molar-refractivity contribution is -0.148. The SMILES string of the molecule is CCOC(=O)CN(CC(=O)OCC)C1CC1. The molecule has 1 saturated carbocycles. The molecule has 1 rings (SSSR count). The molecule has 1 aliphatic rings. The maximum atomic E-state index is 11.3. The maximum Gasteiger partial charge on any atom is 0.320 e. The average molecular weight is 229 g/mol. The second-order valence-corrected chi connectivity index (χ2v) is 3.75. The second-order valence-electron chi connectivity index (χ2n) is 3.75. The van der Waals surface area contributed by atoms with Gasteiger partial charge in [0, 0.05) is 6.04 Å². The van der Waals surface area contributed by atoms with Gasteiger partial charge in [0.25, 0.3) is 0 Å². The van der Waals surface area contributed by atoms with E-state index in [1.807, 2.05) is 4.90 Å². The van der Waals surface area contributed by atoms with E-state index in [1.165, 1.54) is 0 Å². The first-order valence-corrected chi connectivity index (χ1v) is 5.72. The number of carbonyl (C=O) groups excluding carboxylic acids is 2. The molecular weight excluding hydrogens is 210 g/mol. The van der Waals surface area contributed by atoms with Crippen LogP contribution in [0.15, 0.2) is 0 Å². The lowest BCUT2D eigenvalue weighted by Crippen LogP contribution is -2.37. The Morgan fingerprint density at radius 1 is 1.06 bits per heavy atom. The molecule has 0 aromatic carbocycles. The summed E-state index contributed by atoms with van der Waals surface area (Å²) in [6.07, 6.45) is 2.08. The smallest absolute Gasteiger partial charge is 0.320 e. The molecule has 5 heteroatoms. The summed E-state index contributed by atoms with van der Waals surface area (Å²) in [7, 11) is 0. The number of rotatable bonds is 7. The van der Waals surface area contributed by atoms with Crippen LogP contribution in [0.25, 0.3) is 0 Å². The van der Waals surface area contributed by atoms with Crippen molar-refractivity contribution in [3.63, 3.8) is 0 Å². The Labute approximate surface area is 95.7 Å². The van der Waals surface area contributed by atoms with Gasteiger partial charge < -0.3 is 9.47 Å². The van der Waals surface area contributed by atoms with Gasteiger partial charge in [-0.15, -0.1) is 0 Å². The Kier molecular flexibility index (Phi) is 5.25. The van der Waals surface area contributed by atoms with Crippen LogP contribution in [0.2, 0.25) is 0 Å². The number of esters is 2. The van der Waals surface area contributed by atoms with Crippen LogP contribution in [-0.2, 0) is 19.1 Å². The molecule has 0 spiro atoms. The van der Waals surface area contributed by atoms with Crippen molar-refractivity contribution in [1.82, 2.24) is 4.90 Å². The topological polar surface area (TPSA) is 55.8 Å². The minimum Gasteiger partial charge on any atom is -0.465 e. The summed E-state index contributed by atoms with van der Waals surface area (Å²) >= 11 is 0. The monoisotopic (exact) mass is 229 g/mol. The highest BCUT2D eigenvalue weighted by Gasteiger charge is 2.32. The molecule has 0 unspecified atom stereocenters. The van der Waals surface area contributed by atoms with Gasteiger partial charge in [-0.1, -0.05) is 0 Å². The average Bonchev–Trinajstić information content (AvgIpc) is 3.00. The van der Waals surface area contributed by atoms with Crippen molar-refractivity contribution in [2.75, 3.05) is 26.3 Å². The van der Waals surface area contributed by atoms with Crippen LogP contribution >= 0.6 is 0 Å². The van der Waals surface area contributed by atoms with Gasteiger partial charge in [-0.3, -0.25) is 14.5 Å². The van der Waals surface area contributed by atoms with E-state index in [0.717, 1.165) is 12.8 Å². The fraction of sp³-hybridized carbons (Fsp3) is 0.818. The third-order valence-corrected chi connectivity index (χ3v) is 2.34. The summed E-state index contributed by atoms with van der Waals surface area (Å²) in [5.74, 6) is -0.558. The zero-order valence-electron chi connectivity index (χ0n) is 9.90. The molecule has 0 amide bonds. The van der Waals surface area contributed by atoms with Crippen LogP contribution in [-0.4, -0.2) is 49.2 Å². The molecule has 92 valence electrons. The normalized spacial score (nSPS) is 14.9. The Balaban J connectivity index is 2.35. The molecule has 0 aromatic rings. The molecule has 0 atom stereocenters. The fourth-order valence-corrected chi connectivity index (χ4v) is 1.50. The predicted octanol–water partition coefficient (Wildman–Crippen LogP) is 0.577. The van der Waals surface area contributed by atoms with Gasteiger partial charge in [-0.25, -0.2) is 0 Å². The van der Waals surface area contributed by atoms with Crippen molar-refractivity contribution in [2.24, 2.45) is 0 Å². The van der Waals surface area contributed by atoms with Crippen LogP contribution in [0.4, 0.5) is 0 Å². The summed E-state index contributed by atoms with van der Waals surface area (Å²) in [6, 6.07) is 0.341. The Bertz CT molecular complexity index is 230. The summed E-state index contributed by atoms with van der Waals surface area (Å²) in [4.78, 5) is 24.4. The molecule has 0 N–H and O–H groups in total. The highest BCUT2D eigenvalue weighted by molar-refractivity contribution is 5.75. The number of ether oxygens (including phenoxy) is 2. The van der Waals surface area contributed by atoms with Crippen LogP contribution in [0.5, 0.6) is 0 Å². The molecule has 5 nitrogen and oxygen atoms in total. The van der Waals surface area contributed by atoms with Crippen molar-refractivity contribution in [3.8, 4) is 0 Å². The van der Waals surface area contributed by atoms with Crippen LogP contribution < -0.4 is 0 Å². The summed E-state index contributed by atoms with van der Waals surface area (Å²) in [6.45, 7) is 4.64. The fourth-order valence-electron chi connectivity index (χ4n) is 1.50. The van der Waals surface area contributed by atoms with Gasteiger partial charge in [0.15, 0.2) is 0 Å². The van der Waals surface area contributed by atoms with Crippen LogP contribution in [0.1, 0.15) is 26.7 Å². The van der Waals surface area contributed by atoms with Gasteiger partial charge in [-0.05, 0) is 26.7 Å². The van der Waals surface area contributed by atoms with E-state index in [-0.39, 0.29) is 25.0 Å². The standard InChI is InChI=1S/C11H19NO4/c1-3-15-10(13)7-12(9-5-6-9)8-11(14)16-4-2/h9H,3-8H2,1-2H3. The third kappa shape index (κ3) is 4.61. The molecule has 0 bridgehead atoms. The van der Waals surface area contributed by atoms with Crippen molar-refractivity contribution in [2.45, 2.75) is 32.7 Å². The lowest BCUT2D eigenvalue weighted by Gasteiger charge is -2.19. The van der Waals surface area contributed by atoms with Gasteiger partial charge in [0.05, 0.1) is 26.3 Å². The molecule has 0 saturated heterocycles. The van der Waals surface area contributed by atoms with E-state index >= 15 is 0 Å². The number of hydrogen-bond acceptors (Lipinski definition) is 5. The zero-order valence-corrected chi connectivity index (χ0v) is 9.90. The van der Waals surface area contributed by atoms with Crippen molar-refractivity contribution >= 4 is 11.9 Å². The molecule has 16 heavy (non-hydrogen) atoms. The van der Waals surface area contributed by atoms with Crippen molar-refractivity contribution in [1.29, 1.82) is 0 Å². The first-order chi connectivity index (χ1) is 7.67. The van der Waals surface area contributed by atoms with Crippen LogP contribution in [0.3, 0.4) is 0 Å². The van der Waals surface area contributed by atoms with Gasteiger partial charge in [0.2, 0.25) is 0 Å². The Hall–Kier alpha value is -1.10. The highest BCUT2D eigenvalue weighted by atomic mass is 16.5. The van der Waals surface area contributed by atoms with Crippen molar-refractivity contribution < 1.29 is 19.1 Å². The van der Waals surface area contributed by atoms with Crippen LogP contribution in [0, 0.1) is 0 Å². The first-order valence-electron chi connectivity index (χ1n) is 5.72. The van der Waals surface area contributed by atoms with Gasteiger partial charge in [-0.2, -0.15) is 0 Å². The predicted molar refractivity (Wildman–Crippen MR) is 57.9 cm³/mol. The Morgan fingerprint density at radius 3 is 1.81 bits per heavy atom. The summed E-state index contributed by atoms with van der Waals surface area (Å²) in [5, 5.41) is 0. The molecule has 0 heterocycles. The van der Waals surface area contributed by atoms with E-state index in [1.54, 1.807) is 13.8 Å². The molecule has 0 radical (unpaired) electrons. The summed E-state index contributed by atoms with van der Waals surface area (Å²) < 4.78 is 9.72. The zero-order chi connectivity index (χ0) is 12.0. The Morgan fingerprint density at radius 2 is 1.50 bits per heavy atom. The molecule has 0 aromatic heterocycles. The number of nitrogens with zero attached hydrogens (tertiary/aromatic N) is 1. The van der Waals surface area contributed by atoms with Gasteiger partial charge >= 0.3 is 11.9 Å². The summed E-state index contributed by atoms with van der Waals surface area (Å²) in [5.41, 5.74) is 0. The number of carbonyl (C=O) groups is 2. The minimum absolute atomic E-state index is 0.178. The van der Waals surface area contributed by atoms with E-state index in [0.29, 0.717) is 19.3 Å². The first kappa shape index (κ1) is 13.0. The molecule has 1 fully saturated rings. The van der Waals surface area contributed by atoms with E-state index in [9.17, 15) is 9.59 Å². The minimum atomic E-state index is -0.279. The van der Waals surface area contributed by atoms with Gasteiger partial charge in [0.1, 0.15) is 0 Å². The molecular formula is C11H19NO4. The van der Waals surface area contributed by atoms with E-state index in [2.05, 4.69) is 0 Å². The lowest BCUT2D eigenvalue weighted by atomic mass is 10.4. The molecule has 1 aliphatic carbocycles. The third-order valence-electron chi connectivity index (χ3n) is 2.34. The number of hydrogen-bond donors (Lipinski definition) is 0. The quantitative estimate of drug-likeness (QED) is 0.598.